The Morgan fingerprint density at radius 2 is 1.59 bits per heavy atom. The first-order valence-corrected chi connectivity index (χ1v) is 11.2. The van der Waals surface area contributed by atoms with Crippen molar-refractivity contribution in [2.75, 3.05) is 31.5 Å². The minimum atomic E-state index is -0.302. The van der Waals surface area contributed by atoms with E-state index in [1.807, 2.05) is 36.9 Å². The summed E-state index contributed by atoms with van der Waals surface area (Å²) in [4.78, 5) is 41.0. The van der Waals surface area contributed by atoms with E-state index in [1.165, 1.54) is 5.56 Å². The summed E-state index contributed by atoms with van der Waals surface area (Å²) >= 11 is 0. The first-order chi connectivity index (χ1) is 15.4. The van der Waals surface area contributed by atoms with Crippen molar-refractivity contribution in [3.05, 3.63) is 65.7 Å². The van der Waals surface area contributed by atoms with Crippen LogP contribution in [-0.4, -0.2) is 59.9 Å². The molecule has 0 spiro atoms. The molecule has 0 atom stereocenters. The van der Waals surface area contributed by atoms with Crippen LogP contribution in [0.5, 0.6) is 0 Å². The molecule has 2 aromatic rings. The van der Waals surface area contributed by atoms with Crippen LogP contribution >= 0.6 is 0 Å². The Morgan fingerprint density at radius 3 is 2.28 bits per heavy atom. The fraction of sp³-hybridized carbons (Fsp3) is 0.400. The maximum atomic E-state index is 12.9. The lowest BCUT2D eigenvalue weighted by Gasteiger charge is -2.35. The predicted octanol–water partition coefficient (Wildman–Crippen LogP) is 3.52. The van der Waals surface area contributed by atoms with Crippen LogP contribution < -0.4 is 10.6 Å². The monoisotopic (exact) mass is 436 g/mol. The quantitative estimate of drug-likeness (QED) is 0.697. The number of carbonyl (C=O) groups excluding carboxylic acids is 3. The Kier molecular flexibility index (Phi) is 8.25. The van der Waals surface area contributed by atoms with Crippen molar-refractivity contribution in [1.82, 2.24) is 15.1 Å². The van der Waals surface area contributed by atoms with Gasteiger partial charge in [0.2, 0.25) is 5.91 Å². The normalized spacial score (nSPS) is 13.7. The van der Waals surface area contributed by atoms with Gasteiger partial charge in [-0.05, 0) is 50.5 Å². The van der Waals surface area contributed by atoms with Crippen LogP contribution in [0.2, 0.25) is 0 Å². The Labute approximate surface area is 189 Å². The summed E-state index contributed by atoms with van der Waals surface area (Å²) in [5.74, 6) is 0.0597. The van der Waals surface area contributed by atoms with Crippen molar-refractivity contribution in [2.45, 2.75) is 39.2 Å². The number of amides is 4. The van der Waals surface area contributed by atoms with Gasteiger partial charge in [0.15, 0.2) is 0 Å². The van der Waals surface area contributed by atoms with Crippen molar-refractivity contribution in [3.8, 4) is 0 Å². The van der Waals surface area contributed by atoms with Gasteiger partial charge >= 0.3 is 6.03 Å². The van der Waals surface area contributed by atoms with E-state index >= 15 is 0 Å². The molecule has 0 unspecified atom stereocenters. The largest absolute Gasteiger partial charge is 0.339 e. The summed E-state index contributed by atoms with van der Waals surface area (Å²) in [6, 6.07) is 16.8. The average molecular weight is 437 g/mol. The molecule has 7 nitrogen and oxygen atoms in total. The van der Waals surface area contributed by atoms with Crippen molar-refractivity contribution in [2.24, 2.45) is 0 Å². The number of urea groups is 1. The SMILES string of the molecule is CC(C)NC(=O)Nc1cccc(C(=O)N2CCN(C(=O)CCCc3ccccc3)CC2)c1. The van der Waals surface area contributed by atoms with Gasteiger partial charge in [0.05, 0.1) is 0 Å². The molecular weight excluding hydrogens is 404 g/mol. The van der Waals surface area contributed by atoms with Gasteiger partial charge in [-0.3, -0.25) is 9.59 Å². The molecule has 32 heavy (non-hydrogen) atoms. The van der Waals surface area contributed by atoms with E-state index < -0.39 is 0 Å². The van der Waals surface area contributed by atoms with Crippen LogP contribution in [-0.2, 0) is 11.2 Å². The first-order valence-electron chi connectivity index (χ1n) is 11.2. The number of rotatable bonds is 7. The highest BCUT2D eigenvalue weighted by atomic mass is 16.2. The lowest BCUT2D eigenvalue weighted by atomic mass is 10.1. The van der Waals surface area contributed by atoms with Gasteiger partial charge in [0.1, 0.15) is 0 Å². The van der Waals surface area contributed by atoms with Crippen molar-refractivity contribution in [3.63, 3.8) is 0 Å². The lowest BCUT2D eigenvalue weighted by Crippen LogP contribution is -2.50. The van der Waals surface area contributed by atoms with Crippen LogP contribution in [0.3, 0.4) is 0 Å². The zero-order valence-electron chi connectivity index (χ0n) is 18.8. The summed E-state index contributed by atoms with van der Waals surface area (Å²) in [6.45, 7) is 5.87. The molecule has 1 aliphatic heterocycles. The highest BCUT2D eigenvalue weighted by Gasteiger charge is 2.24. The second kappa shape index (κ2) is 11.3. The smallest absolute Gasteiger partial charge is 0.319 e. The minimum Gasteiger partial charge on any atom is -0.339 e. The number of hydrogen-bond donors (Lipinski definition) is 2. The molecular formula is C25H32N4O3. The van der Waals surface area contributed by atoms with E-state index in [1.54, 1.807) is 29.2 Å². The average Bonchev–Trinajstić information content (AvgIpc) is 2.79. The Bertz CT molecular complexity index is 922. The van der Waals surface area contributed by atoms with E-state index in [0.29, 0.717) is 43.9 Å². The molecule has 0 bridgehead atoms. The highest BCUT2D eigenvalue weighted by Crippen LogP contribution is 2.15. The van der Waals surface area contributed by atoms with E-state index in [0.717, 1.165) is 12.8 Å². The Morgan fingerprint density at radius 1 is 0.906 bits per heavy atom. The third-order valence-electron chi connectivity index (χ3n) is 5.41. The molecule has 4 amide bonds. The third-order valence-corrected chi connectivity index (χ3v) is 5.41. The van der Waals surface area contributed by atoms with Gasteiger partial charge in [-0.25, -0.2) is 4.79 Å². The fourth-order valence-corrected chi connectivity index (χ4v) is 3.75. The number of aryl methyl sites for hydroxylation is 1. The van der Waals surface area contributed by atoms with E-state index in [-0.39, 0.29) is 23.9 Å². The molecule has 3 rings (SSSR count). The molecule has 0 aliphatic carbocycles. The van der Waals surface area contributed by atoms with Gasteiger partial charge < -0.3 is 20.4 Å². The first kappa shape index (κ1) is 23.3. The van der Waals surface area contributed by atoms with Gasteiger partial charge in [0, 0.05) is 49.9 Å². The van der Waals surface area contributed by atoms with Crippen LogP contribution in [0.4, 0.5) is 10.5 Å². The molecule has 2 N–H and O–H groups in total. The predicted molar refractivity (Wildman–Crippen MR) is 126 cm³/mol. The Hall–Kier alpha value is -3.35. The number of carbonyl (C=O) groups is 3. The molecule has 0 aromatic heterocycles. The molecule has 1 heterocycles. The number of benzene rings is 2. The second-order valence-corrected chi connectivity index (χ2v) is 8.35. The van der Waals surface area contributed by atoms with Gasteiger partial charge in [0.25, 0.3) is 5.91 Å². The maximum Gasteiger partial charge on any atom is 0.319 e. The van der Waals surface area contributed by atoms with Gasteiger partial charge in [-0.2, -0.15) is 0 Å². The number of anilines is 1. The van der Waals surface area contributed by atoms with Crippen molar-refractivity contribution >= 4 is 23.5 Å². The van der Waals surface area contributed by atoms with E-state index in [2.05, 4.69) is 22.8 Å². The van der Waals surface area contributed by atoms with Crippen molar-refractivity contribution in [1.29, 1.82) is 0 Å². The highest BCUT2D eigenvalue weighted by molar-refractivity contribution is 5.97. The number of nitrogens with one attached hydrogen (secondary N) is 2. The molecule has 1 aliphatic rings. The fourth-order valence-electron chi connectivity index (χ4n) is 3.75. The van der Waals surface area contributed by atoms with E-state index in [4.69, 9.17) is 0 Å². The molecule has 7 heteroatoms. The van der Waals surface area contributed by atoms with Crippen LogP contribution in [0.25, 0.3) is 0 Å². The minimum absolute atomic E-state index is 0.0251. The van der Waals surface area contributed by atoms with Crippen molar-refractivity contribution < 1.29 is 14.4 Å². The zero-order valence-corrected chi connectivity index (χ0v) is 18.8. The summed E-state index contributed by atoms with van der Waals surface area (Å²) in [5, 5.41) is 5.51. The number of nitrogens with zero attached hydrogens (tertiary/aromatic N) is 2. The third kappa shape index (κ3) is 6.83. The number of hydrogen-bond acceptors (Lipinski definition) is 3. The molecule has 0 saturated carbocycles. The summed E-state index contributed by atoms with van der Waals surface area (Å²) in [5.41, 5.74) is 2.34. The van der Waals surface area contributed by atoms with Crippen LogP contribution in [0.1, 0.15) is 42.6 Å². The van der Waals surface area contributed by atoms with Crippen LogP contribution in [0.15, 0.2) is 54.6 Å². The van der Waals surface area contributed by atoms with Gasteiger partial charge in [-0.1, -0.05) is 36.4 Å². The molecule has 0 radical (unpaired) electrons. The topological polar surface area (TPSA) is 81.8 Å². The Balaban J connectivity index is 1.46. The van der Waals surface area contributed by atoms with E-state index in [9.17, 15) is 14.4 Å². The molecule has 170 valence electrons. The van der Waals surface area contributed by atoms with Gasteiger partial charge in [-0.15, -0.1) is 0 Å². The molecule has 2 aromatic carbocycles. The lowest BCUT2D eigenvalue weighted by molar-refractivity contribution is -0.132. The molecule has 1 fully saturated rings. The zero-order chi connectivity index (χ0) is 22.9. The maximum absolute atomic E-state index is 12.9. The second-order valence-electron chi connectivity index (χ2n) is 8.35. The summed E-state index contributed by atoms with van der Waals surface area (Å²) in [7, 11) is 0. The molecule has 1 saturated heterocycles. The summed E-state index contributed by atoms with van der Waals surface area (Å²) < 4.78 is 0. The van der Waals surface area contributed by atoms with Crippen LogP contribution in [0, 0.1) is 0 Å². The summed E-state index contributed by atoms with van der Waals surface area (Å²) in [6.07, 6.45) is 2.24. The number of piperazine rings is 1. The standard InChI is InChI=1S/C25H32N4O3/c1-19(2)26-25(32)27-22-12-7-11-21(18-22)24(31)29-16-14-28(15-17-29)23(30)13-6-10-20-8-4-3-5-9-20/h3-5,7-9,11-12,18-19H,6,10,13-17H2,1-2H3,(H2,26,27,32).